The van der Waals surface area contributed by atoms with E-state index in [1.165, 1.54) is 4.68 Å². The molecule has 0 spiro atoms. The van der Waals surface area contributed by atoms with Crippen LogP contribution in [0.5, 0.6) is 0 Å². The average molecular weight is 275 g/mol. The molecule has 3 unspecified atom stereocenters. The fourth-order valence-electron chi connectivity index (χ4n) is 2.85. The second kappa shape index (κ2) is 4.40. The molecule has 0 radical (unpaired) electrons. The zero-order chi connectivity index (χ0) is 13.6. The molecule has 0 amide bonds. The van der Waals surface area contributed by atoms with Crippen LogP contribution < -0.4 is 5.32 Å². The molecule has 19 heavy (non-hydrogen) atoms. The number of hydrogen-bond donors (Lipinski definition) is 1. The first-order valence-electron chi connectivity index (χ1n) is 6.51. The first kappa shape index (κ1) is 12.8. The van der Waals surface area contributed by atoms with E-state index < -0.39 is 11.9 Å². The number of nitrogens with one attached hydrogen (secondary N) is 1. The maximum atomic E-state index is 12.7. The van der Waals surface area contributed by atoms with Crippen molar-refractivity contribution in [1.82, 2.24) is 9.78 Å². The molecule has 3 atom stereocenters. The number of ether oxygens (including phenoxy) is 1. The smallest absolute Gasteiger partial charge is 0.373 e. The van der Waals surface area contributed by atoms with E-state index >= 15 is 0 Å². The maximum absolute atomic E-state index is 12.7. The third-order valence-corrected chi connectivity index (χ3v) is 3.78. The van der Waals surface area contributed by atoms with Gasteiger partial charge in [-0.1, -0.05) is 0 Å². The zero-order valence-corrected chi connectivity index (χ0v) is 10.6. The minimum Gasteiger partial charge on any atom is -0.373 e. The lowest BCUT2D eigenvalue weighted by Crippen LogP contribution is -2.32. The molecule has 2 aliphatic heterocycles. The molecular weight excluding hydrogens is 259 g/mol. The second-order valence-corrected chi connectivity index (χ2v) is 5.20. The molecular formula is C12H16F3N3O. The van der Waals surface area contributed by atoms with Gasteiger partial charge in [-0.2, -0.15) is 18.3 Å². The molecule has 1 fully saturated rings. The normalized spacial score (nSPS) is 31.1. The van der Waals surface area contributed by atoms with E-state index in [0.29, 0.717) is 12.4 Å². The number of halogens is 3. The van der Waals surface area contributed by atoms with Crippen LogP contribution in [0.1, 0.15) is 37.9 Å². The van der Waals surface area contributed by atoms with Crippen LogP contribution in [0.2, 0.25) is 0 Å². The van der Waals surface area contributed by atoms with Crippen LogP contribution in [0.15, 0.2) is 6.07 Å². The van der Waals surface area contributed by atoms with Crippen molar-refractivity contribution >= 4 is 5.82 Å². The number of rotatable bonds is 1. The Morgan fingerprint density at radius 1 is 1.37 bits per heavy atom. The van der Waals surface area contributed by atoms with Gasteiger partial charge < -0.3 is 10.1 Å². The number of hydrogen-bond acceptors (Lipinski definition) is 3. The fraction of sp³-hybridized carbons (Fsp3) is 0.750. The van der Waals surface area contributed by atoms with Crippen LogP contribution in [-0.2, 0) is 10.9 Å². The minimum absolute atomic E-state index is 0.0307. The summed E-state index contributed by atoms with van der Waals surface area (Å²) in [5.74, 6) is 0.437. The highest BCUT2D eigenvalue weighted by Crippen LogP contribution is 2.37. The van der Waals surface area contributed by atoms with Gasteiger partial charge in [0.25, 0.3) is 0 Å². The molecule has 1 aromatic rings. The van der Waals surface area contributed by atoms with Crippen LogP contribution >= 0.6 is 0 Å². The topological polar surface area (TPSA) is 39.1 Å². The lowest BCUT2D eigenvalue weighted by atomic mass is 10.0. The van der Waals surface area contributed by atoms with E-state index in [1.54, 1.807) is 0 Å². The van der Waals surface area contributed by atoms with Crippen LogP contribution in [0.25, 0.3) is 0 Å². The predicted molar refractivity (Wildman–Crippen MR) is 62.9 cm³/mol. The average Bonchev–Trinajstić information content (AvgIpc) is 2.93. The van der Waals surface area contributed by atoms with Crippen molar-refractivity contribution in [3.63, 3.8) is 0 Å². The summed E-state index contributed by atoms with van der Waals surface area (Å²) < 4.78 is 45.4. The van der Waals surface area contributed by atoms with Gasteiger partial charge in [0.2, 0.25) is 0 Å². The quantitative estimate of drug-likeness (QED) is 0.856. The molecule has 1 saturated heterocycles. The third-order valence-electron chi connectivity index (χ3n) is 3.78. The molecule has 3 heterocycles. The van der Waals surface area contributed by atoms with Crippen LogP contribution in [0, 0.1) is 0 Å². The molecule has 0 aliphatic carbocycles. The highest BCUT2D eigenvalue weighted by Gasteiger charge is 2.39. The van der Waals surface area contributed by atoms with Crippen LogP contribution in [0.3, 0.4) is 0 Å². The van der Waals surface area contributed by atoms with Gasteiger partial charge in [0.1, 0.15) is 5.82 Å². The summed E-state index contributed by atoms with van der Waals surface area (Å²) >= 11 is 0. The van der Waals surface area contributed by atoms with Crippen LogP contribution in [-0.4, -0.2) is 28.5 Å². The van der Waals surface area contributed by atoms with Gasteiger partial charge in [-0.25, -0.2) is 4.68 Å². The Kier molecular flexibility index (Phi) is 2.96. The van der Waals surface area contributed by atoms with Gasteiger partial charge in [-0.05, 0) is 26.2 Å². The van der Waals surface area contributed by atoms with E-state index in [9.17, 15) is 13.2 Å². The largest absolute Gasteiger partial charge is 0.435 e. The predicted octanol–water partition coefficient (Wildman–Crippen LogP) is 2.83. The second-order valence-electron chi connectivity index (χ2n) is 5.20. The first-order chi connectivity index (χ1) is 8.95. The molecule has 1 aromatic heterocycles. The standard InChI is InChI=1S/C12H16F3N3O/c1-7-2-3-9(19-7)8-4-5-16-11-6-10(12(13,14)15)17-18(8)11/h6-9,16H,2-5H2,1H3. The Bertz CT molecular complexity index is 471. The minimum atomic E-state index is -4.40. The summed E-state index contributed by atoms with van der Waals surface area (Å²) in [6.45, 7) is 2.65. The van der Waals surface area contributed by atoms with E-state index in [1.807, 2.05) is 6.92 Å². The highest BCUT2D eigenvalue weighted by molar-refractivity contribution is 5.40. The van der Waals surface area contributed by atoms with Crippen molar-refractivity contribution in [2.45, 2.75) is 50.6 Å². The number of aromatic nitrogens is 2. The molecule has 4 nitrogen and oxygen atoms in total. The molecule has 3 rings (SSSR count). The maximum Gasteiger partial charge on any atom is 0.435 e. The summed E-state index contributed by atoms with van der Waals surface area (Å²) in [5.41, 5.74) is -0.840. The summed E-state index contributed by atoms with van der Waals surface area (Å²) in [6.07, 6.45) is -1.68. The van der Waals surface area contributed by atoms with Crippen molar-refractivity contribution in [3.8, 4) is 0 Å². The summed E-state index contributed by atoms with van der Waals surface area (Å²) in [6, 6.07) is 0.974. The number of nitrogens with zero attached hydrogens (tertiary/aromatic N) is 2. The Morgan fingerprint density at radius 2 is 2.16 bits per heavy atom. The summed E-state index contributed by atoms with van der Waals surface area (Å²) in [5, 5.41) is 6.69. The molecule has 7 heteroatoms. The molecule has 1 N–H and O–H groups in total. The fourth-order valence-corrected chi connectivity index (χ4v) is 2.85. The van der Waals surface area contributed by atoms with Crippen molar-refractivity contribution in [3.05, 3.63) is 11.8 Å². The van der Waals surface area contributed by atoms with E-state index in [4.69, 9.17) is 4.74 Å². The molecule has 0 aromatic carbocycles. The Morgan fingerprint density at radius 3 is 2.79 bits per heavy atom. The number of alkyl halides is 3. The van der Waals surface area contributed by atoms with Crippen molar-refractivity contribution in [1.29, 1.82) is 0 Å². The lowest BCUT2D eigenvalue weighted by molar-refractivity contribution is -0.141. The number of fused-ring (bicyclic) bond motifs is 1. The van der Waals surface area contributed by atoms with Gasteiger partial charge in [0.05, 0.1) is 18.2 Å². The van der Waals surface area contributed by atoms with Gasteiger partial charge in [0, 0.05) is 12.6 Å². The van der Waals surface area contributed by atoms with Gasteiger partial charge in [-0.15, -0.1) is 0 Å². The molecule has 2 aliphatic rings. The first-order valence-corrected chi connectivity index (χ1v) is 6.51. The molecule has 0 saturated carbocycles. The molecule has 106 valence electrons. The van der Waals surface area contributed by atoms with Gasteiger partial charge >= 0.3 is 6.18 Å². The third kappa shape index (κ3) is 2.31. The van der Waals surface area contributed by atoms with E-state index in [-0.39, 0.29) is 18.2 Å². The van der Waals surface area contributed by atoms with E-state index in [2.05, 4.69) is 10.4 Å². The summed E-state index contributed by atoms with van der Waals surface area (Å²) in [4.78, 5) is 0. The van der Waals surface area contributed by atoms with Crippen LogP contribution in [0.4, 0.5) is 19.0 Å². The highest BCUT2D eigenvalue weighted by atomic mass is 19.4. The van der Waals surface area contributed by atoms with Crippen molar-refractivity contribution in [2.24, 2.45) is 0 Å². The Labute approximate surface area is 108 Å². The van der Waals surface area contributed by atoms with Crippen molar-refractivity contribution < 1.29 is 17.9 Å². The zero-order valence-electron chi connectivity index (χ0n) is 10.6. The SMILES string of the molecule is CC1CCC(C2CCNc3cc(C(F)(F)F)nn32)O1. The Balaban J connectivity index is 1.89. The molecule has 0 bridgehead atoms. The van der Waals surface area contributed by atoms with Gasteiger partial charge in [0.15, 0.2) is 5.69 Å². The monoisotopic (exact) mass is 275 g/mol. The van der Waals surface area contributed by atoms with Crippen molar-refractivity contribution in [2.75, 3.05) is 11.9 Å². The Hall–Kier alpha value is -1.24. The lowest BCUT2D eigenvalue weighted by Gasteiger charge is -2.29. The summed E-state index contributed by atoms with van der Waals surface area (Å²) in [7, 11) is 0. The number of anilines is 1. The van der Waals surface area contributed by atoms with Gasteiger partial charge in [-0.3, -0.25) is 0 Å². The van der Waals surface area contributed by atoms with E-state index in [0.717, 1.165) is 25.3 Å².